The number of hydrogen-bond acceptors (Lipinski definition) is 4. The average Bonchev–Trinajstić information content (AvgIpc) is 2.82. The summed E-state index contributed by atoms with van der Waals surface area (Å²) in [6.07, 6.45) is 0. The van der Waals surface area contributed by atoms with E-state index in [0.717, 1.165) is 0 Å². The highest BCUT2D eigenvalue weighted by Gasteiger charge is 2.37. The SMILES string of the molecule is CCN1CC(=O)N(CC(C)N2CC(=S)NC2=S)C1=O. The summed E-state index contributed by atoms with van der Waals surface area (Å²) in [4.78, 5) is 29.2. The topological polar surface area (TPSA) is 55.9 Å². The predicted octanol–water partition coefficient (Wildman–Crippen LogP) is 0.177. The summed E-state index contributed by atoms with van der Waals surface area (Å²) in [6, 6.07) is -0.273. The van der Waals surface area contributed by atoms with Gasteiger partial charge in [0.05, 0.1) is 13.1 Å². The van der Waals surface area contributed by atoms with E-state index in [1.165, 1.54) is 9.80 Å². The van der Waals surface area contributed by atoms with Crippen molar-refractivity contribution in [2.75, 3.05) is 26.2 Å². The highest BCUT2D eigenvalue weighted by Crippen LogP contribution is 2.14. The van der Waals surface area contributed by atoms with E-state index in [2.05, 4.69) is 5.32 Å². The van der Waals surface area contributed by atoms with Crippen molar-refractivity contribution in [3.8, 4) is 0 Å². The maximum absolute atomic E-state index is 12.0. The predicted molar refractivity (Wildman–Crippen MR) is 78.9 cm³/mol. The maximum atomic E-state index is 12.0. The number of carbonyl (C=O) groups excluding carboxylic acids is 2. The molecule has 0 aliphatic carbocycles. The number of amides is 3. The Morgan fingerprint density at radius 2 is 2.00 bits per heavy atom. The lowest BCUT2D eigenvalue weighted by atomic mass is 10.3. The lowest BCUT2D eigenvalue weighted by molar-refractivity contribution is -0.125. The molecule has 2 aliphatic rings. The molecule has 2 saturated heterocycles. The van der Waals surface area contributed by atoms with Crippen LogP contribution >= 0.6 is 24.4 Å². The van der Waals surface area contributed by atoms with Crippen molar-refractivity contribution in [1.29, 1.82) is 0 Å². The molecule has 0 saturated carbocycles. The van der Waals surface area contributed by atoms with Crippen LogP contribution in [0.15, 0.2) is 0 Å². The van der Waals surface area contributed by atoms with Crippen LogP contribution in [0.1, 0.15) is 13.8 Å². The van der Waals surface area contributed by atoms with Crippen LogP contribution in [0.3, 0.4) is 0 Å². The van der Waals surface area contributed by atoms with Crippen LogP contribution in [0.25, 0.3) is 0 Å². The smallest absolute Gasteiger partial charge is 0.327 e. The van der Waals surface area contributed by atoms with Gasteiger partial charge in [0.2, 0.25) is 5.91 Å². The van der Waals surface area contributed by atoms with Gasteiger partial charge in [-0.05, 0) is 26.1 Å². The minimum Gasteiger partial charge on any atom is -0.338 e. The van der Waals surface area contributed by atoms with Gasteiger partial charge in [0.15, 0.2) is 5.11 Å². The zero-order valence-electron chi connectivity index (χ0n) is 10.9. The minimum absolute atomic E-state index is 0.0508. The summed E-state index contributed by atoms with van der Waals surface area (Å²) in [6.45, 7) is 5.38. The quantitative estimate of drug-likeness (QED) is 0.590. The van der Waals surface area contributed by atoms with Gasteiger partial charge in [0.25, 0.3) is 0 Å². The summed E-state index contributed by atoms with van der Waals surface area (Å²) in [7, 11) is 0. The largest absolute Gasteiger partial charge is 0.338 e. The van der Waals surface area contributed by atoms with Crippen LogP contribution < -0.4 is 5.32 Å². The standard InChI is InChI=1S/C11H16N4O2S2/c1-3-13-6-9(16)15(11(13)17)4-7(2)14-5-8(18)12-10(14)19/h7H,3-6H2,1-2H3,(H,12,18,19). The number of carbonyl (C=O) groups is 2. The van der Waals surface area contributed by atoms with Crippen molar-refractivity contribution < 1.29 is 9.59 Å². The summed E-state index contributed by atoms with van der Waals surface area (Å²) in [5.41, 5.74) is 0. The van der Waals surface area contributed by atoms with Gasteiger partial charge in [-0.2, -0.15) is 0 Å². The second kappa shape index (κ2) is 5.38. The molecule has 0 aromatic carbocycles. The number of urea groups is 1. The molecule has 3 amide bonds. The summed E-state index contributed by atoms with van der Waals surface area (Å²) in [5, 5.41) is 3.46. The molecular formula is C11H16N4O2S2. The van der Waals surface area contributed by atoms with Crippen LogP contribution in [0.4, 0.5) is 4.79 Å². The zero-order chi connectivity index (χ0) is 14.2. The number of nitrogens with one attached hydrogen (secondary N) is 1. The normalized spacial score (nSPS) is 21.5. The van der Waals surface area contributed by atoms with Crippen LogP contribution in [0.2, 0.25) is 0 Å². The molecule has 2 rings (SSSR count). The van der Waals surface area contributed by atoms with Crippen LogP contribution in [-0.2, 0) is 4.79 Å². The monoisotopic (exact) mass is 300 g/mol. The number of likely N-dealkylation sites (N-methyl/N-ethyl adjacent to an activating group) is 1. The molecule has 1 N–H and O–H groups in total. The second-order valence-electron chi connectivity index (χ2n) is 4.63. The summed E-state index contributed by atoms with van der Waals surface area (Å²) >= 11 is 10.2. The van der Waals surface area contributed by atoms with Gasteiger partial charge in [0.1, 0.15) is 11.5 Å². The Hall–Kier alpha value is -1.28. The molecule has 0 spiro atoms. The van der Waals surface area contributed by atoms with Gasteiger partial charge < -0.3 is 15.1 Å². The van der Waals surface area contributed by atoms with Crippen LogP contribution in [0, 0.1) is 0 Å². The second-order valence-corrected chi connectivity index (χ2v) is 5.51. The Kier molecular flexibility index (Phi) is 4.00. The first-order valence-corrected chi connectivity index (χ1v) is 6.95. The molecule has 0 aromatic heterocycles. The number of thiocarbonyl (C=S) groups is 2. The average molecular weight is 300 g/mol. The maximum Gasteiger partial charge on any atom is 0.327 e. The highest BCUT2D eigenvalue weighted by molar-refractivity contribution is 7.82. The molecule has 19 heavy (non-hydrogen) atoms. The fourth-order valence-corrected chi connectivity index (χ4v) is 2.86. The number of rotatable bonds is 4. The lowest BCUT2D eigenvalue weighted by Crippen LogP contribution is -2.46. The van der Waals surface area contributed by atoms with Crippen molar-refractivity contribution in [3.05, 3.63) is 0 Å². The van der Waals surface area contributed by atoms with E-state index in [9.17, 15) is 9.59 Å². The molecule has 0 radical (unpaired) electrons. The van der Waals surface area contributed by atoms with Gasteiger partial charge in [-0.25, -0.2) is 4.79 Å². The van der Waals surface area contributed by atoms with Crippen LogP contribution in [-0.4, -0.2) is 69.0 Å². The molecular weight excluding hydrogens is 284 g/mol. The van der Waals surface area contributed by atoms with Crippen LogP contribution in [0.5, 0.6) is 0 Å². The highest BCUT2D eigenvalue weighted by atomic mass is 32.1. The van der Waals surface area contributed by atoms with Crippen molar-refractivity contribution in [2.24, 2.45) is 0 Å². The van der Waals surface area contributed by atoms with E-state index in [-0.39, 0.29) is 24.5 Å². The first kappa shape index (κ1) is 14.1. The molecule has 0 bridgehead atoms. The van der Waals surface area contributed by atoms with Gasteiger partial charge in [-0.15, -0.1) is 0 Å². The molecule has 8 heteroatoms. The van der Waals surface area contributed by atoms with E-state index in [4.69, 9.17) is 24.4 Å². The fraction of sp³-hybridized carbons (Fsp3) is 0.636. The molecule has 104 valence electrons. The Morgan fingerprint density at radius 1 is 1.32 bits per heavy atom. The Balaban J connectivity index is 2.01. The van der Waals surface area contributed by atoms with E-state index < -0.39 is 0 Å². The molecule has 2 fully saturated rings. The Labute approximate surface area is 122 Å². The van der Waals surface area contributed by atoms with Gasteiger partial charge in [-0.3, -0.25) is 9.69 Å². The van der Waals surface area contributed by atoms with Crippen molar-refractivity contribution in [1.82, 2.24) is 20.0 Å². The molecule has 1 atom stereocenters. The van der Waals surface area contributed by atoms with E-state index >= 15 is 0 Å². The first-order valence-electron chi connectivity index (χ1n) is 6.13. The fourth-order valence-electron chi connectivity index (χ4n) is 2.20. The molecule has 1 unspecified atom stereocenters. The van der Waals surface area contributed by atoms with Crippen molar-refractivity contribution >= 4 is 46.5 Å². The van der Waals surface area contributed by atoms with Gasteiger partial charge in [0, 0.05) is 12.6 Å². The molecule has 2 heterocycles. The van der Waals surface area contributed by atoms with E-state index in [0.29, 0.717) is 29.7 Å². The molecule has 6 nitrogen and oxygen atoms in total. The third kappa shape index (κ3) is 2.69. The zero-order valence-corrected chi connectivity index (χ0v) is 12.5. The Morgan fingerprint density at radius 3 is 2.47 bits per heavy atom. The minimum atomic E-state index is -0.222. The van der Waals surface area contributed by atoms with Gasteiger partial charge >= 0.3 is 6.03 Å². The summed E-state index contributed by atoms with van der Waals surface area (Å²) < 4.78 is 0. The first-order chi connectivity index (χ1) is 8.93. The number of hydrogen-bond donors (Lipinski definition) is 1. The summed E-state index contributed by atoms with van der Waals surface area (Å²) in [5.74, 6) is -0.153. The Bertz CT molecular complexity index is 454. The van der Waals surface area contributed by atoms with Crippen molar-refractivity contribution in [3.63, 3.8) is 0 Å². The molecule has 2 aliphatic heterocycles. The molecule has 0 aromatic rings. The van der Waals surface area contributed by atoms with E-state index in [1.807, 2.05) is 18.7 Å². The van der Waals surface area contributed by atoms with Crippen molar-refractivity contribution in [2.45, 2.75) is 19.9 Å². The third-order valence-corrected chi connectivity index (χ3v) is 3.88. The van der Waals surface area contributed by atoms with Gasteiger partial charge in [-0.1, -0.05) is 12.2 Å². The van der Waals surface area contributed by atoms with E-state index in [1.54, 1.807) is 0 Å². The third-order valence-electron chi connectivity index (χ3n) is 3.31. The number of nitrogens with zero attached hydrogens (tertiary/aromatic N) is 3. The number of imide groups is 1. The lowest BCUT2D eigenvalue weighted by Gasteiger charge is -2.27.